The fourth-order valence-electron chi connectivity index (χ4n) is 3.21. The highest BCUT2D eigenvalue weighted by Gasteiger charge is 2.14. The van der Waals surface area contributed by atoms with Crippen LogP contribution < -0.4 is 15.5 Å². The Labute approximate surface area is 150 Å². The van der Waals surface area contributed by atoms with Crippen molar-refractivity contribution in [3.8, 4) is 0 Å². The second-order valence-corrected chi connectivity index (χ2v) is 6.82. The summed E-state index contributed by atoms with van der Waals surface area (Å²) in [7, 11) is 0. The second-order valence-electron chi connectivity index (χ2n) is 6.82. The number of anilines is 3. The van der Waals surface area contributed by atoms with E-state index in [1.54, 1.807) is 0 Å². The monoisotopic (exact) mass is 337 g/mol. The first-order valence-electron chi connectivity index (χ1n) is 9.11. The van der Waals surface area contributed by atoms with Gasteiger partial charge in [-0.3, -0.25) is 4.79 Å². The predicted octanol–water partition coefficient (Wildman–Crippen LogP) is 4.42. The van der Waals surface area contributed by atoms with Crippen molar-refractivity contribution in [3.63, 3.8) is 0 Å². The lowest BCUT2D eigenvalue weighted by Crippen LogP contribution is -2.32. The number of hydrogen-bond donors (Lipinski definition) is 2. The van der Waals surface area contributed by atoms with Crippen LogP contribution in [-0.2, 0) is 4.79 Å². The molecule has 1 amide bonds. The van der Waals surface area contributed by atoms with Gasteiger partial charge in [-0.05, 0) is 75.1 Å². The van der Waals surface area contributed by atoms with Gasteiger partial charge in [0.2, 0.25) is 5.91 Å². The molecular weight excluding hydrogens is 310 g/mol. The van der Waals surface area contributed by atoms with E-state index in [9.17, 15) is 4.79 Å². The summed E-state index contributed by atoms with van der Waals surface area (Å²) in [6, 6.07) is 15.9. The van der Waals surface area contributed by atoms with Gasteiger partial charge < -0.3 is 15.5 Å². The number of nitrogens with one attached hydrogen (secondary N) is 2. The topological polar surface area (TPSA) is 44.4 Å². The molecule has 1 atom stereocenters. The first-order chi connectivity index (χ1) is 12.1. The van der Waals surface area contributed by atoms with Gasteiger partial charge in [-0.15, -0.1) is 0 Å². The van der Waals surface area contributed by atoms with Crippen molar-refractivity contribution in [1.82, 2.24) is 0 Å². The minimum atomic E-state index is -0.304. The van der Waals surface area contributed by atoms with Gasteiger partial charge in [-0.2, -0.15) is 0 Å². The van der Waals surface area contributed by atoms with Gasteiger partial charge in [0.05, 0.1) is 0 Å². The van der Waals surface area contributed by atoms with Crippen molar-refractivity contribution in [2.45, 2.75) is 39.2 Å². The maximum Gasteiger partial charge on any atom is 0.246 e. The summed E-state index contributed by atoms with van der Waals surface area (Å²) in [5.41, 5.74) is 4.19. The van der Waals surface area contributed by atoms with Crippen LogP contribution in [0.15, 0.2) is 48.5 Å². The minimum absolute atomic E-state index is 0.0364. The molecule has 2 aromatic carbocycles. The minimum Gasteiger partial charge on any atom is -0.374 e. The van der Waals surface area contributed by atoms with E-state index < -0.39 is 0 Å². The lowest BCUT2D eigenvalue weighted by Gasteiger charge is -2.29. The number of amides is 1. The number of nitrogens with zero attached hydrogens (tertiary/aromatic N) is 1. The SMILES string of the molecule is Cc1cccc(NC(=O)C(C)Nc2ccc(N3CCCCC3)cc2)c1. The number of carbonyl (C=O) groups is 1. The maximum absolute atomic E-state index is 12.4. The summed E-state index contributed by atoms with van der Waals surface area (Å²) in [5, 5.41) is 6.23. The number of piperidine rings is 1. The molecule has 1 saturated heterocycles. The molecule has 1 unspecified atom stereocenters. The Hall–Kier alpha value is -2.49. The van der Waals surface area contributed by atoms with Crippen LogP contribution in [-0.4, -0.2) is 25.0 Å². The molecule has 0 saturated carbocycles. The van der Waals surface area contributed by atoms with Gasteiger partial charge in [0.25, 0.3) is 0 Å². The van der Waals surface area contributed by atoms with E-state index >= 15 is 0 Å². The lowest BCUT2D eigenvalue weighted by molar-refractivity contribution is -0.116. The Morgan fingerprint density at radius 3 is 2.40 bits per heavy atom. The highest BCUT2D eigenvalue weighted by molar-refractivity contribution is 5.96. The van der Waals surface area contributed by atoms with Gasteiger partial charge in [0.1, 0.15) is 6.04 Å². The Kier molecular flexibility index (Phi) is 5.59. The van der Waals surface area contributed by atoms with Crippen molar-refractivity contribution in [1.29, 1.82) is 0 Å². The standard InChI is InChI=1S/C21H27N3O/c1-16-7-6-8-19(15-16)23-21(25)17(2)22-18-9-11-20(12-10-18)24-13-4-3-5-14-24/h6-12,15,17,22H,3-5,13-14H2,1-2H3,(H,23,25). The van der Waals surface area contributed by atoms with Crippen LogP contribution in [0.25, 0.3) is 0 Å². The van der Waals surface area contributed by atoms with E-state index in [0.717, 1.165) is 30.0 Å². The molecule has 0 spiro atoms. The van der Waals surface area contributed by atoms with E-state index in [1.807, 2.05) is 38.1 Å². The number of aryl methyl sites for hydroxylation is 1. The molecule has 1 aliphatic heterocycles. The highest BCUT2D eigenvalue weighted by atomic mass is 16.2. The van der Waals surface area contributed by atoms with Crippen LogP contribution in [0, 0.1) is 6.92 Å². The van der Waals surface area contributed by atoms with Crippen molar-refractivity contribution in [3.05, 3.63) is 54.1 Å². The normalized spacial score (nSPS) is 15.5. The van der Waals surface area contributed by atoms with E-state index in [4.69, 9.17) is 0 Å². The average Bonchev–Trinajstić information content (AvgIpc) is 2.63. The summed E-state index contributed by atoms with van der Waals surface area (Å²) in [5.74, 6) is -0.0364. The Bertz CT molecular complexity index is 705. The van der Waals surface area contributed by atoms with Crippen molar-refractivity contribution >= 4 is 23.0 Å². The van der Waals surface area contributed by atoms with Gasteiger partial charge in [-0.25, -0.2) is 0 Å². The fourth-order valence-corrected chi connectivity index (χ4v) is 3.21. The largest absolute Gasteiger partial charge is 0.374 e. The number of benzene rings is 2. The first kappa shape index (κ1) is 17.3. The van der Waals surface area contributed by atoms with Crippen LogP contribution in [0.3, 0.4) is 0 Å². The number of carbonyl (C=O) groups excluding carboxylic acids is 1. The summed E-state index contributed by atoms with van der Waals surface area (Å²) < 4.78 is 0. The molecule has 1 aliphatic rings. The zero-order valence-electron chi connectivity index (χ0n) is 15.1. The molecule has 0 radical (unpaired) electrons. The van der Waals surface area contributed by atoms with Crippen molar-refractivity contribution < 1.29 is 4.79 Å². The van der Waals surface area contributed by atoms with Crippen LogP contribution in [0.4, 0.5) is 17.1 Å². The average molecular weight is 337 g/mol. The molecule has 3 rings (SSSR count). The number of rotatable bonds is 5. The third-order valence-electron chi connectivity index (χ3n) is 4.65. The summed E-state index contributed by atoms with van der Waals surface area (Å²) >= 11 is 0. The molecule has 2 aromatic rings. The third-order valence-corrected chi connectivity index (χ3v) is 4.65. The quantitative estimate of drug-likeness (QED) is 0.848. The lowest BCUT2D eigenvalue weighted by atomic mass is 10.1. The van der Waals surface area contributed by atoms with Gasteiger partial charge >= 0.3 is 0 Å². The zero-order chi connectivity index (χ0) is 17.6. The molecule has 1 heterocycles. The second kappa shape index (κ2) is 8.06. The van der Waals surface area contributed by atoms with Crippen LogP contribution in [0.2, 0.25) is 0 Å². The van der Waals surface area contributed by atoms with Gasteiger partial charge in [-0.1, -0.05) is 12.1 Å². The maximum atomic E-state index is 12.4. The van der Waals surface area contributed by atoms with E-state index in [1.165, 1.54) is 24.9 Å². The fraction of sp³-hybridized carbons (Fsp3) is 0.381. The van der Waals surface area contributed by atoms with Crippen molar-refractivity contribution in [2.24, 2.45) is 0 Å². The van der Waals surface area contributed by atoms with Gasteiger partial charge in [0, 0.05) is 30.2 Å². The molecule has 132 valence electrons. The Balaban J connectivity index is 1.56. The summed E-state index contributed by atoms with van der Waals surface area (Å²) in [6.45, 7) is 6.18. The van der Waals surface area contributed by atoms with E-state index in [0.29, 0.717) is 0 Å². The molecular formula is C21H27N3O. The molecule has 2 N–H and O–H groups in total. The van der Waals surface area contributed by atoms with Crippen molar-refractivity contribution in [2.75, 3.05) is 28.6 Å². The molecule has 0 aromatic heterocycles. The smallest absolute Gasteiger partial charge is 0.246 e. The highest BCUT2D eigenvalue weighted by Crippen LogP contribution is 2.22. The Morgan fingerprint density at radius 2 is 1.72 bits per heavy atom. The van der Waals surface area contributed by atoms with Crippen LogP contribution in [0.5, 0.6) is 0 Å². The van der Waals surface area contributed by atoms with E-state index in [2.05, 4.69) is 39.8 Å². The van der Waals surface area contributed by atoms with Crippen LogP contribution >= 0.6 is 0 Å². The molecule has 4 heteroatoms. The van der Waals surface area contributed by atoms with Crippen LogP contribution in [0.1, 0.15) is 31.7 Å². The molecule has 4 nitrogen and oxygen atoms in total. The number of hydrogen-bond acceptors (Lipinski definition) is 3. The Morgan fingerprint density at radius 1 is 1.00 bits per heavy atom. The molecule has 0 bridgehead atoms. The molecule has 25 heavy (non-hydrogen) atoms. The zero-order valence-corrected chi connectivity index (χ0v) is 15.1. The summed E-state index contributed by atoms with van der Waals surface area (Å²) in [4.78, 5) is 14.8. The molecule has 1 fully saturated rings. The summed E-state index contributed by atoms with van der Waals surface area (Å²) in [6.07, 6.45) is 3.88. The molecule has 0 aliphatic carbocycles. The first-order valence-corrected chi connectivity index (χ1v) is 9.11. The predicted molar refractivity (Wildman–Crippen MR) is 105 cm³/mol. The van der Waals surface area contributed by atoms with Gasteiger partial charge in [0.15, 0.2) is 0 Å². The third kappa shape index (κ3) is 4.75. The van der Waals surface area contributed by atoms with E-state index in [-0.39, 0.29) is 11.9 Å².